The van der Waals surface area contributed by atoms with E-state index in [-0.39, 0.29) is 24.5 Å². The number of hydrogen-bond acceptors (Lipinski definition) is 5. The van der Waals surface area contributed by atoms with E-state index in [0.29, 0.717) is 11.1 Å². The van der Waals surface area contributed by atoms with Crippen LogP contribution in [0.25, 0.3) is 0 Å². The predicted octanol–water partition coefficient (Wildman–Crippen LogP) is 3.97. The average molecular weight is 364 g/mol. The van der Waals surface area contributed by atoms with Crippen molar-refractivity contribution in [1.29, 1.82) is 0 Å². The van der Waals surface area contributed by atoms with Crippen molar-refractivity contribution < 1.29 is 19.2 Å². The maximum absolute atomic E-state index is 12.2. The Hall–Kier alpha value is -2.56. The molecule has 2 rings (SSSR count). The van der Waals surface area contributed by atoms with E-state index >= 15 is 0 Å². The van der Waals surface area contributed by atoms with E-state index in [1.807, 2.05) is 0 Å². The van der Waals surface area contributed by atoms with Gasteiger partial charge in [-0.3, -0.25) is 14.9 Å². The maximum atomic E-state index is 12.2. The lowest BCUT2D eigenvalue weighted by Crippen LogP contribution is -2.00. The lowest BCUT2D eigenvalue weighted by atomic mass is 10.1. The summed E-state index contributed by atoms with van der Waals surface area (Å²) in [6.45, 7) is 0. The lowest BCUT2D eigenvalue weighted by molar-refractivity contribution is -0.385. The molecule has 24 heavy (non-hydrogen) atoms. The summed E-state index contributed by atoms with van der Waals surface area (Å²) in [5, 5.41) is 11.2. The summed E-state index contributed by atoms with van der Waals surface area (Å²) < 4.78 is 4.60. The third kappa shape index (κ3) is 4.25. The number of methoxy groups -OCH3 is 1. The molecule has 0 heterocycles. The molecule has 0 radical (unpaired) electrons. The van der Waals surface area contributed by atoms with Crippen LogP contribution in [0.5, 0.6) is 0 Å². The summed E-state index contributed by atoms with van der Waals surface area (Å²) in [4.78, 5) is 34.0. The van der Waals surface area contributed by atoms with Gasteiger partial charge in [0.05, 0.1) is 17.6 Å². The Kier molecular flexibility index (Phi) is 5.79. The van der Waals surface area contributed by atoms with Gasteiger partial charge in [-0.15, -0.1) is 0 Å². The number of hydrogen-bond donors (Lipinski definition) is 0. The zero-order chi connectivity index (χ0) is 17.7. The molecule has 0 N–H and O–H groups in total. The van der Waals surface area contributed by atoms with E-state index in [1.54, 1.807) is 30.1 Å². The molecule has 0 amide bonds. The predicted molar refractivity (Wildman–Crippen MR) is 92.3 cm³/mol. The zero-order valence-corrected chi connectivity index (χ0v) is 14.1. The van der Waals surface area contributed by atoms with Crippen LogP contribution in [0.4, 0.5) is 5.69 Å². The van der Waals surface area contributed by atoms with Crippen LogP contribution >= 0.6 is 19.8 Å². The minimum Gasteiger partial charge on any atom is -0.465 e. The second-order valence-electron chi connectivity index (χ2n) is 4.60. The standard InChI is InChI=1S/C16H11ClNO5P/c1-23-15(19)11-4-2-10(3-5-11)9-24-16(20)13-8-12(17)6-7-14(13)18(21)22/h2-9H,1H3. The topological polar surface area (TPSA) is 86.5 Å². The average Bonchev–Trinajstić information content (AvgIpc) is 2.59. The van der Waals surface area contributed by atoms with Crippen LogP contribution in [-0.2, 0) is 4.74 Å². The molecule has 6 nitrogen and oxygen atoms in total. The quantitative estimate of drug-likeness (QED) is 0.347. The van der Waals surface area contributed by atoms with Gasteiger partial charge in [-0.05, 0) is 43.8 Å². The number of carbonyl (C=O) groups excluding carboxylic acids is 2. The third-order valence-corrected chi connectivity index (χ3v) is 4.19. The molecule has 0 aliphatic heterocycles. The molecule has 122 valence electrons. The second kappa shape index (κ2) is 7.81. The van der Waals surface area contributed by atoms with Gasteiger partial charge in [0.1, 0.15) is 5.56 Å². The highest BCUT2D eigenvalue weighted by Crippen LogP contribution is 2.26. The van der Waals surface area contributed by atoms with E-state index in [9.17, 15) is 19.7 Å². The Morgan fingerprint density at radius 3 is 2.46 bits per heavy atom. The van der Waals surface area contributed by atoms with Gasteiger partial charge < -0.3 is 4.74 Å². The van der Waals surface area contributed by atoms with Crippen molar-refractivity contribution in [2.75, 3.05) is 7.11 Å². The summed E-state index contributed by atoms with van der Waals surface area (Å²) in [5.74, 6) is 1.14. The van der Waals surface area contributed by atoms with Gasteiger partial charge in [0, 0.05) is 11.1 Å². The molecule has 0 spiro atoms. The first kappa shape index (κ1) is 17.8. The number of nitrogens with zero attached hydrogens (tertiary/aromatic N) is 1. The van der Waals surface area contributed by atoms with Crippen LogP contribution < -0.4 is 0 Å². The Morgan fingerprint density at radius 2 is 1.88 bits per heavy atom. The number of rotatable bonds is 5. The first-order valence-electron chi connectivity index (χ1n) is 6.63. The second-order valence-corrected chi connectivity index (χ2v) is 5.95. The molecule has 0 saturated carbocycles. The normalized spacial score (nSPS) is 10.6. The molecule has 8 heteroatoms. The molecule has 0 atom stereocenters. The van der Waals surface area contributed by atoms with Crippen molar-refractivity contribution in [2.45, 2.75) is 0 Å². The zero-order valence-electron chi connectivity index (χ0n) is 12.4. The first-order chi connectivity index (χ1) is 11.4. The van der Waals surface area contributed by atoms with E-state index in [1.165, 1.54) is 25.3 Å². The van der Waals surface area contributed by atoms with Gasteiger partial charge in [0.25, 0.3) is 5.69 Å². The summed E-state index contributed by atoms with van der Waals surface area (Å²) in [6.07, 6.45) is 0. The fourth-order valence-electron chi connectivity index (χ4n) is 1.86. The number of benzene rings is 2. The van der Waals surface area contributed by atoms with Gasteiger partial charge in [0.2, 0.25) is 5.52 Å². The SMILES string of the molecule is COC(=O)c1ccc(C=PC(=O)c2cc(Cl)ccc2[N+](=O)[O-])cc1. The number of ether oxygens (including phenoxy) is 1. The van der Waals surface area contributed by atoms with Gasteiger partial charge >= 0.3 is 5.97 Å². The van der Waals surface area contributed by atoms with Crippen molar-refractivity contribution in [3.8, 4) is 0 Å². The number of esters is 1. The highest BCUT2D eigenvalue weighted by molar-refractivity contribution is 7.58. The van der Waals surface area contributed by atoms with Gasteiger partial charge in [-0.1, -0.05) is 23.7 Å². The summed E-state index contributed by atoms with van der Waals surface area (Å²) in [7, 11) is 1.54. The number of carbonyl (C=O) groups is 2. The van der Waals surface area contributed by atoms with Crippen LogP contribution in [0.1, 0.15) is 26.3 Å². The highest BCUT2D eigenvalue weighted by atomic mass is 35.5. The molecule has 0 fully saturated rings. The molecule has 2 aromatic carbocycles. The van der Waals surface area contributed by atoms with Gasteiger partial charge in [-0.2, -0.15) is 0 Å². The number of nitro groups is 1. The summed E-state index contributed by atoms with van der Waals surface area (Å²) in [5.41, 5.74) is 0.314. The Labute approximate surface area is 144 Å². The largest absolute Gasteiger partial charge is 0.465 e. The summed E-state index contributed by atoms with van der Waals surface area (Å²) in [6, 6.07) is 10.3. The third-order valence-electron chi connectivity index (χ3n) is 3.05. The fraction of sp³-hybridized carbons (Fsp3) is 0.0625. The van der Waals surface area contributed by atoms with Crippen molar-refractivity contribution in [3.05, 3.63) is 74.3 Å². The van der Waals surface area contributed by atoms with Crippen molar-refractivity contribution >= 4 is 42.8 Å². The molecule has 0 unspecified atom stereocenters. The van der Waals surface area contributed by atoms with Crippen LogP contribution in [0.15, 0.2) is 42.5 Å². The van der Waals surface area contributed by atoms with Crippen molar-refractivity contribution in [3.63, 3.8) is 0 Å². The Balaban J connectivity index is 2.23. The van der Waals surface area contributed by atoms with Crippen LogP contribution in [0.2, 0.25) is 5.02 Å². The lowest BCUT2D eigenvalue weighted by Gasteiger charge is -2.00. The first-order valence-corrected chi connectivity index (χ1v) is 7.97. The number of nitro benzene ring substituents is 1. The molecule has 0 bridgehead atoms. The van der Waals surface area contributed by atoms with Crippen molar-refractivity contribution in [2.24, 2.45) is 0 Å². The Morgan fingerprint density at radius 1 is 1.21 bits per heavy atom. The smallest absolute Gasteiger partial charge is 0.337 e. The van der Waals surface area contributed by atoms with E-state index in [0.717, 1.165) is 0 Å². The van der Waals surface area contributed by atoms with E-state index in [4.69, 9.17) is 11.6 Å². The maximum Gasteiger partial charge on any atom is 0.337 e. The minimum atomic E-state index is -0.621. The minimum absolute atomic E-state index is 0.0448. The molecule has 0 aromatic heterocycles. The van der Waals surface area contributed by atoms with E-state index in [2.05, 4.69) is 4.74 Å². The van der Waals surface area contributed by atoms with E-state index < -0.39 is 16.4 Å². The van der Waals surface area contributed by atoms with Crippen LogP contribution in [-0.4, -0.2) is 29.3 Å². The molecule has 0 aliphatic carbocycles. The molecular formula is C16H11ClNO5P. The fourth-order valence-corrected chi connectivity index (χ4v) is 2.79. The van der Waals surface area contributed by atoms with Gasteiger partial charge in [-0.25, -0.2) is 4.79 Å². The Bertz CT molecular complexity index is 833. The summed E-state index contributed by atoms with van der Waals surface area (Å²) >= 11 is 5.81. The van der Waals surface area contributed by atoms with Gasteiger partial charge in [0.15, 0.2) is 0 Å². The van der Waals surface area contributed by atoms with Crippen LogP contribution in [0.3, 0.4) is 0 Å². The van der Waals surface area contributed by atoms with Crippen LogP contribution in [0, 0.1) is 10.1 Å². The molecular weight excluding hydrogens is 353 g/mol. The van der Waals surface area contributed by atoms with Crippen molar-refractivity contribution in [1.82, 2.24) is 0 Å². The highest BCUT2D eigenvalue weighted by Gasteiger charge is 2.19. The number of halogens is 1. The molecule has 2 aromatic rings. The molecule has 0 aliphatic rings. The monoisotopic (exact) mass is 363 g/mol. The molecule has 0 saturated heterocycles.